The van der Waals surface area contributed by atoms with Crippen LogP contribution in [0.3, 0.4) is 0 Å². The van der Waals surface area contributed by atoms with Crippen molar-refractivity contribution in [3.63, 3.8) is 0 Å². The van der Waals surface area contributed by atoms with Crippen molar-refractivity contribution in [1.29, 1.82) is 0 Å². The van der Waals surface area contributed by atoms with E-state index >= 15 is 0 Å². The molecule has 1 N–H and O–H groups in total. The lowest BCUT2D eigenvalue weighted by Crippen LogP contribution is -2.22. The molecule has 1 aliphatic rings. The van der Waals surface area contributed by atoms with Gasteiger partial charge in [-0.3, -0.25) is 4.99 Å². The van der Waals surface area contributed by atoms with Crippen LogP contribution >= 0.6 is 0 Å². The van der Waals surface area contributed by atoms with E-state index in [1.807, 2.05) is 27.0 Å². The van der Waals surface area contributed by atoms with Crippen LogP contribution in [0, 0.1) is 0 Å². The highest BCUT2D eigenvalue weighted by Crippen LogP contribution is 2.06. The maximum Gasteiger partial charge on any atom is 0.0978 e. The minimum absolute atomic E-state index is 0.367. The minimum Gasteiger partial charge on any atom is -0.351 e. The predicted molar refractivity (Wildman–Crippen MR) is 50.8 cm³/mol. The largest absolute Gasteiger partial charge is 0.351 e. The molecule has 0 aliphatic carbocycles. The summed E-state index contributed by atoms with van der Waals surface area (Å²) < 4.78 is 0. The number of hydrogen-bond donors (Lipinski definition) is 1. The Kier molecular flexibility index (Phi) is 4.59. The Morgan fingerprint density at radius 2 is 1.91 bits per heavy atom. The molecule has 0 aromatic carbocycles. The van der Waals surface area contributed by atoms with Crippen LogP contribution < -0.4 is 5.32 Å². The standard InChI is InChI=1S/C7H12N2.C2H6/c1-5-4-8-7(3)9-6(5)2;1-2/h4,6H,1-3H3,(H,8,9);1-2H3. The van der Waals surface area contributed by atoms with E-state index in [4.69, 9.17) is 0 Å². The number of aliphatic imine (C=N–C) groups is 1. The molecule has 1 aliphatic heterocycles. The van der Waals surface area contributed by atoms with E-state index in [0.717, 1.165) is 5.84 Å². The number of hydrogen-bond acceptors (Lipinski definition) is 2. The van der Waals surface area contributed by atoms with Gasteiger partial charge < -0.3 is 5.32 Å². The Labute approximate surface area is 69.4 Å². The first-order valence-corrected chi connectivity index (χ1v) is 4.18. The summed E-state index contributed by atoms with van der Waals surface area (Å²) in [7, 11) is 0. The van der Waals surface area contributed by atoms with Gasteiger partial charge in [0.05, 0.1) is 11.9 Å². The monoisotopic (exact) mass is 154 g/mol. The van der Waals surface area contributed by atoms with E-state index in [-0.39, 0.29) is 0 Å². The van der Waals surface area contributed by atoms with Crippen molar-refractivity contribution in [3.8, 4) is 0 Å². The minimum atomic E-state index is 0.367. The van der Waals surface area contributed by atoms with Crippen molar-refractivity contribution >= 4 is 5.84 Å². The molecular formula is C9H18N2. The van der Waals surface area contributed by atoms with Gasteiger partial charge in [-0.15, -0.1) is 0 Å². The Balaban J connectivity index is 0.000000461. The van der Waals surface area contributed by atoms with E-state index in [2.05, 4.69) is 24.2 Å². The van der Waals surface area contributed by atoms with Gasteiger partial charge in [-0.2, -0.15) is 0 Å². The number of nitrogens with zero attached hydrogens (tertiary/aromatic N) is 1. The Bertz CT molecular complexity index is 168. The van der Waals surface area contributed by atoms with Crippen molar-refractivity contribution in [2.24, 2.45) is 4.99 Å². The van der Waals surface area contributed by atoms with Gasteiger partial charge in [0, 0.05) is 6.20 Å². The molecule has 0 fully saturated rings. The average Bonchev–Trinajstić information content (AvgIpc) is 2.02. The highest BCUT2D eigenvalue weighted by atomic mass is 15.0. The molecule has 1 atom stereocenters. The first kappa shape index (κ1) is 10.2. The Morgan fingerprint density at radius 3 is 2.27 bits per heavy atom. The fraction of sp³-hybridized carbons (Fsp3) is 0.667. The van der Waals surface area contributed by atoms with Crippen LogP contribution in [0.25, 0.3) is 0 Å². The van der Waals surface area contributed by atoms with Crippen LogP contribution in [0.2, 0.25) is 0 Å². The first-order valence-electron chi connectivity index (χ1n) is 4.18. The maximum absolute atomic E-state index is 4.30. The van der Waals surface area contributed by atoms with Gasteiger partial charge in [0.15, 0.2) is 0 Å². The molecular weight excluding hydrogens is 136 g/mol. The Morgan fingerprint density at radius 1 is 1.36 bits per heavy atom. The molecule has 2 nitrogen and oxygen atoms in total. The lowest BCUT2D eigenvalue weighted by atomic mass is 10.1. The van der Waals surface area contributed by atoms with Crippen LogP contribution in [0.4, 0.5) is 0 Å². The second-order valence-corrected chi connectivity index (χ2v) is 2.42. The lowest BCUT2D eigenvalue weighted by molar-refractivity contribution is 0.821. The summed E-state index contributed by atoms with van der Waals surface area (Å²) in [5.41, 5.74) is 1.29. The zero-order valence-electron chi connectivity index (χ0n) is 8.10. The van der Waals surface area contributed by atoms with Crippen molar-refractivity contribution in [2.45, 2.75) is 40.7 Å². The van der Waals surface area contributed by atoms with Crippen LogP contribution in [0.1, 0.15) is 34.6 Å². The second-order valence-electron chi connectivity index (χ2n) is 2.42. The fourth-order valence-electron chi connectivity index (χ4n) is 0.768. The molecule has 0 amide bonds. The van der Waals surface area contributed by atoms with Gasteiger partial charge in [-0.1, -0.05) is 13.8 Å². The molecule has 11 heavy (non-hydrogen) atoms. The molecule has 2 heteroatoms. The van der Waals surface area contributed by atoms with Crippen LogP contribution in [0.15, 0.2) is 16.8 Å². The molecule has 0 radical (unpaired) electrons. The van der Waals surface area contributed by atoms with Gasteiger partial charge in [0.25, 0.3) is 0 Å². The van der Waals surface area contributed by atoms with Gasteiger partial charge in [-0.25, -0.2) is 0 Å². The first-order chi connectivity index (χ1) is 5.20. The topological polar surface area (TPSA) is 24.4 Å². The molecule has 1 heterocycles. The van der Waals surface area contributed by atoms with Gasteiger partial charge in [0.1, 0.15) is 0 Å². The summed E-state index contributed by atoms with van der Waals surface area (Å²) in [6, 6.07) is 0.367. The SMILES string of the molecule is CC.CC1=CNC(C)=NC1C. The Hall–Kier alpha value is -0.790. The van der Waals surface area contributed by atoms with E-state index in [0.29, 0.717) is 6.04 Å². The molecule has 64 valence electrons. The predicted octanol–water partition coefficient (Wildman–Crippen LogP) is 2.33. The number of amidine groups is 1. The van der Waals surface area contributed by atoms with Crippen LogP contribution in [-0.2, 0) is 0 Å². The highest BCUT2D eigenvalue weighted by Gasteiger charge is 2.05. The molecule has 0 bridgehead atoms. The molecule has 0 aromatic heterocycles. The van der Waals surface area contributed by atoms with E-state index < -0.39 is 0 Å². The molecule has 1 unspecified atom stereocenters. The molecule has 0 saturated carbocycles. The number of nitrogens with one attached hydrogen (secondary N) is 1. The van der Waals surface area contributed by atoms with Crippen molar-refractivity contribution in [2.75, 3.05) is 0 Å². The summed E-state index contributed by atoms with van der Waals surface area (Å²) >= 11 is 0. The number of rotatable bonds is 0. The summed E-state index contributed by atoms with van der Waals surface area (Å²) in [4.78, 5) is 4.30. The fourth-order valence-corrected chi connectivity index (χ4v) is 0.768. The molecule has 0 spiro atoms. The summed E-state index contributed by atoms with van der Waals surface area (Å²) in [6.45, 7) is 10.1. The molecule has 0 saturated heterocycles. The zero-order valence-corrected chi connectivity index (χ0v) is 8.10. The average molecular weight is 154 g/mol. The van der Waals surface area contributed by atoms with Crippen molar-refractivity contribution in [1.82, 2.24) is 5.32 Å². The zero-order chi connectivity index (χ0) is 8.85. The van der Waals surface area contributed by atoms with Crippen LogP contribution in [-0.4, -0.2) is 11.9 Å². The third kappa shape index (κ3) is 3.21. The third-order valence-corrected chi connectivity index (χ3v) is 1.56. The summed E-state index contributed by atoms with van der Waals surface area (Å²) in [6.07, 6.45) is 2.01. The third-order valence-electron chi connectivity index (χ3n) is 1.56. The molecule has 0 aromatic rings. The van der Waals surface area contributed by atoms with Crippen molar-refractivity contribution < 1.29 is 0 Å². The highest BCUT2D eigenvalue weighted by molar-refractivity contribution is 5.81. The summed E-state index contributed by atoms with van der Waals surface area (Å²) in [5, 5.41) is 3.05. The van der Waals surface area contributed by atoms with Crippen molar-refractivity contribution in [3.05, 3.63) is 11.8 Å². The molecule has 1 rings (SSSR count). The smallest absolute Gasteiger partial charge is 0.0978 e. The van der Waals surface area contributed by atoms with Gasteiger partial charge >= 0.3 is 0 Å². The quantitative estimate of drug-likeness (QED) is 0.569. The second kappa shape index (κ2) is 4.94. The van der Waals surface area contributed by atoms with Crippen LogP contribution in [0.5, 0.6) is 0 Å². The van der Waals surface area contributed by atoms with E-state index in [9.17, 15) is 0 Å². The maximum atomic E-state index is 4.30. The summed E-state index contributed by atoms with van der Waals surface area (Å²) in [5.74, 6) is 1.01. The van der Waals surface area contributed by atoms with E-state index in [1.165, 1.54) is 5.57 Å². The van der Waals surface area contributed by atoms with E-state index in [1.54, 1.807) is 0 Å². The normalized spacial score (nSPS) is 22.1. The van der Waals surface area contributed by atoms with Gasteiger partial charge in [-0.05, 0) is 26.3 Å². The van der Waals surface area contributed by atoms with Gasteiger partial charge in [0.2, 0.25) is 0 Å². The lowest BCUT2D eigenvalue weighted by Gasteiger charge is -2.14.